The summed E-state index contributed by atoms with van der Waals surface area (Å²) in [5, 5.41) is 20.1. The van der Waals surface area contributed by atoms with E-state index < -0.39 is 0 Å². The van der Waals surface area contributed by atoms with Crippen LogP contribution in [0.1, 0.15) is 19.2 Å². The van der Waals surface area contributed by atoms with Gasteiger partial charge in [-0.3, -0.25) is 9.20 Å². The molecule has 0 saturated heterocycles. The Balaban J connectivity index is 1.70. The first kappa shape index (κ1) is 16.1. The number of aliphatic hydroxyl groups excluding tert-OH is 1. The summed E-state index contributed by atoms with van der Waals surface area (Å²) in [5.74, 6) is 0.513. The molecule has 0 aliphatic rings. The van der Waals surface area contributed by atoms with Crippen molar-refractivity contribution in [2.45, 2.75) is 26.3 Å². The van der Waals surface area contributed by atoms with Gasteiger partial charge in [0.15, 0.2) is 5.65 Å². The van der Waals surface area contributed by atoms with Crippen LogP contribution in [0.5, 0.6) is 0 Å². The second kappa shape index (κ2) is 7.22. The molecular formula is C16H20N6O2. The van der Waals surface area contributed by atoms with Crippen molar-refractivity contribution in [1.29, 1.82) is 0 Å². The van der Waals surface area contributed by atoms with Crippen LogP contribution in [0.15, 0.2) is 37.1 Å². The molecule has 126 valence electrons. The highest BCUT2D eigenvalue weighted by atomic mass is 16.3. The van der Waals surface area contributed by atoms with E-state index in [1.807, 2.05) is 40.4 Å². The van der Waals surface area contributed by atoms with Crippen LogP contribution in [0.25, 0.3) is 5.65 Å². The number of aryl methyl sites for hydroxylation is 1. The molecule has 3 aromatic rings. The minimum Gasteiger partial charge on any atom is -0.396 e. The number of aliphatic hydroxyl groups is 1. The van der Waals surface area contributed by atoms with Gasteiger partial charge >= 0.3 is 0 Å². The molecule has 3 heterocycles. The van der Waals surface area contributed by atoms with Crippen LogP contribution in [0, 0.1) is 5.92 Å². The van der Waals surface area contributed by atoms with Crippen molar-refractivity contribution in [3.05, 3.63) is 42.9 Å². The molecule has 8 nitrogen and oxygen atoms in total. The van der Waals surface area contributed by atoms with Gasteiger partial charge in [0.05, 0.1) is 17.9 Å². The average Bonchev–Trinajstić information content (AvgIpc) is 3.22. The van der Waals surface area contributed by atoms with E-state index in [1.165, 1.54) is 0 Å². The smallest absolute Gasteiger partial charge is 0.229 e. The van der Waals surface area contributed by atoms with Crippen LogP contribution >= 0.6 is 0 Å². The van der Waals surface area contributed by atoms with E-state index in [4.69, 9.17) is 5.11 Å². The van der Waals surface area contributed by atoms with Crippen molar-refractivity contribution in [2.24, 2.45) is 5.92 Å². The number of carbonyl (C=O) groups is 1. The van der Waals surface area contributed by atoms with Crippen molar-refractivity contribution < 1.29 is 9.90 Å². The summed E-state index contributed by atoms with van der Waals surface area (Å²) in [6.07, 6.45) is 8.29. The summed E-state index contributed by atoms with van der Waals surface area (Å²) in [6.45, 7) is 2.55. The highest BCUT2D eigenvalue weighted by Gasteiger charge is 2.14. The van der Waals surface area contributed by atoms with Crippen LogP contribution in [-0.4, -0.2) is 41.8 Å². The fourth-order valence-corrected chi connectivity index (χ4v) is 2.48. The van der Waals surface area contributed by atoms with Gasteiger partial charge in [-0.05, 0) is 18.6 Å². The maximum atomic E-state index is 12.4. The molecule has 3 aromatic heterocycles. The van der Waals surface area contributed by atoms with Gasteiger partial charge in [0.1, 0.15) is 5.82 Å². The van der Waals surface area contributed by atoms with E-state index >= 15 is 0 Å². The summed E-state index contributed by atoms with van der Waals surface area (Å²) >= 11 is 0. The number of imidazole rings is 1. The lowest BCUT2D eigenvalue weighted by Crippen LogP contribution is -2.24. The quantitative estimate of drug-likeness (QED) is 0.677. The number of pyridine rings is 1. The molecule has 1 atom stereocenters. The number of aromatic nitrogens is 5. The second-order valence-electron chi connectivity index (χ2n) is 5.74. The molecule has 0 bridgehead atoms. The highest BCUT2D eigenvalue weighted by Crippen LogP contribution is 2.14. The lowest BCUT2D eigenvalue weighted by Gasteiger charge is -2.13. The maximum Gasteiger partial charge on any atom is 0.229 e. The third-order valence-electron chi connectivity index (χ3n) is 3.79. The summed E-state index contributed by atoms with van der Waals surface area (Å²) in [7, 11) is 0. The zero-order valence-corrected chi connectivity index (χ0v) is 13.5. The molecule has 24 heavy (non-hydrogen) atoms. The molecule has 1 amide bonds. The van der Waals surface area contributed by atoms with Crippen molar-refractivity contribution >= 4 is 17.2 Å². The van der Waals surface area contributed by atoms with Gasteiger partial charge in [0.25, 0.3) is 0 Å². The van der Waals surface area contributed by atoms with Gasteiger partial charge in [-0.15, -0.1) is 10.2 Å². The SMILES string of the molecule is CC(Cn1ccnc1)C(=O)Nc1ccc2nnc(CCCO)n2c1. The molecule has 0 spiro atoms. The van der Waals surface area contributed by atoms with E-state index in [0.29, 0.717) is 30.7 Å². The topological polar surface area (TPSA) is 97.3 Å². The molecule has 1 unspecified atom stereocenters. The van der Waals surface area contributed by atoms with Crippen molar-refractivity contribution in [3.63, 3.8) is 0 Å². The predicted molar refractivity (Wildman–Crippen MR) is 88.4 cm³/mol. The summed E-state index contributed by atoms with van der Waals surface area (Å²) in [4.78, 5) is 16.3. The zero-order valence-electron chi connectivity index (χ0n) is 13.5. The van der Waals surface area contributed by atoms with Crippen LogP contribution in [0.4, 0.5) is 5.69 Å². The number of nitrogens with zero attached hydrogens (tertiary/aromatic N) is 5. The molecule has 0 aliphatic carbocycles. The fourth-order valence-electron chi connectivity index (χ4n) is 2.48. The lowest BCUT2D eigenvalue weighted by molar-refractivity contribution is -0.119. The van der Waals surface area contributed by atoms with E-state index in [0.717, 1.165) is 5.82 Å². The third-order valence-corrected chi connectivity index (χ3v) is 3.79. The number of rotatable bonds is 7. The van der Waals surface area contributed by atoms with Gasteiger partial charge in [-0.1, -0.05) is 6.92 Å². The molecule has 0 fully saturated rings. The van der Waals surface area contributed by atoms with Crippen LogP contribution in [0.2, 0.25) is 0 Å². The molecule has 0 aliphatic heterocycles. The van der Waals surface area contributed by atoms with Gasteiger partial charge in [-0.2, -0.15) is 0 Å². The summed E-state index contributed by atoms with van der Waals surface area (Å²) in [6, 6.07) is 3.62. The normalized spacial score (nSPS) is 12.4. The molecule has 2 N–H and O–H groups in total. The summed E-state index contributed by atoms with van der Waals surface area (Å²) < 4.78 is 3.71. The Labute approximate surface area is 139 Å². The summed E-state index contributed by atoms with van der Waals surface area (Å²) in [5.41, 5.74) is 1.41. The van der Waals surface area contributed by atoms with E-state index in [1.54, 1.807) is 12.5 Å². The molecule has 0 aromatic carbocycles. The zero-order chi connectivity index (χ0) is 16.9. The highest BCUT2D eigenvalue weighted by molar-refractivity contribution is 5.92. The molecule has 0 saturated carbocycles. The molecular weight excluding hydrogens is 308 g/mol. The van der Waals surface area contributed by atoms with E-state index in [9.17, 15) is 4.79 Å². The predicted octanol–water partition coefficient (Wildman–Crippen LogP) is 1.13. The first-order valence-electron chi connectivity index (χ1n) is 7.88. The van der Waals surface area contributed by atoms with Crippen LogP contribution in [-0.2, 0) is 17.8 Å². The molecule has 3 rings (SSSR count). The number of amides is 1. The van der Waals surface area contributed by atoms with Gasteiger partial charge in [0, 0.05) is 38.2 Å². The molecule has 8 heteroatoms. The average molecular weight is 328 g/mol. The van der Waals surface area contributed by atoms with Gasteiger partial charge in [0.2, 0.25) is 5.91 Å². The monoisotopic (exact) mass is 328 g/mol. The van der Waals surface area contributed by atoms with Crippen molar-refractivity contribution in [1.82, 2.24) is 24.1 Å². The minimum atomic E-state index is -0.190. The van der Waals surface area contributed by atoms with Gasteiger partial charge < -0.3 is 15.0 Å². The van der Waals surface area contributed by atoms with Crippen molar-refractivity contribution in [2.75, 3.05) is 11.9 Å². The third kappa shape index (κ3) is 3.60. The fraction of sp³-hybridized carbons (Fsp3) is 0.375. The van der Waals surface area contributed by atoms with Crippen LogP contribution in [0.3, 0.4) is 0 Å². The standard InChI is InChI=1S/C16H20N6O2/c1-12(9-21-7-6-17-11-21)16(24)18-13-4-5-15-20-19-14(3-2-8-23)22(15)10-13/h4-7,10-12,23H,2-3,8-9H2,1H3,(H,18,24). The minimum absolute atomic E-state index is 0.0620. The lowest BCUT2D eigenvalue weighted by atomic mass is 10.1. The van der Waals surface area contributed by atoms with E-state index in [2.05, 4.69) is 20.5 Å². The Hall–Kier alpha value is -2.74. The first-order chi connectivity index (χ1) is 11.7. The molecule has 0 radical (unpaired) electrons. The van der Waals surface area contributed by atoms with Crippen LogP contribution < -0.4 is 5.32 Å². The number of anilines is 1. The number of nitrogens with one attached hydrogen (secondary N) is 1. The van der Waals surface area contributed by atoms with E-state index in [-0.39, 0.29) is 18.4 Å². The van der Waals surface area contributed by atoms with Crippen molar-refractivity contribution in [3.8, 4) is 0 Å². The Kier molecular flexibility index (Phi) is 4.85. The Morgan fingerprint density at radius 1 is 1.38 bits per heavy atom. The second-order valence-corrected chi connectivity index (χ2v) is 5.74. The number of carbonyl (C=O) groups excluding carboxylic acids is 1. The Morgan fingerprint density at radius 3 is 3.00 bits per heavy atom. The Morgan fingerprint density at radius 2 is 2.25 bits per heavy atom. The maximum absolute atomic E-state index is 12.4. The first-order valence-corrected chi connectivity index (χ1v) is 7.88. The number of hydrogen-bond acceptors (Lipinski definition) is 5. The Bertz CT molecular complexity index is 811. The largest absolute Gasteiger partial charge is 0.396 e. The number of fused-ring (bicyclic) bond motifs is 1. The number of hydrogen-bond donors (Lipinski definition) is 2. The van der Waals surface area contributed by atoms with Gasteiger partial charge in [-0.25, -0.2) is 4.98 Å².